The van der Waals surface area contributed by atoms with Crippen LogP contribution in [-0.4, -0.2) is 44.5 Å². The molecule has 104 valence electrons. The second-order valence-corrected chi connectivity index (χ2v) is 4.33. The Labute approximate surface area is 111 Å². The molecule has 0 aliphatic heterocycles. The SMILES string of the molecule is CCOC(=O)[N+](C)(C)c1ccc(OCC(=O)O)cc1. The van der Waals surface area contributed by atoms with Crippen LogP contribution in [0.2, 0.25) is 0 Å². The molecule has 19 heavy (non-hydrogen) atoms. The quantitative estimate of drug-likeness (QED) is 0.825. The molecular formula is C13H18NO5+. The van der Waals surface area contributed by atoms with E-state index in [4.69, 9.17) is 14.6 Å². The maximum absolute atomic E-state index is 11.8. The Morgan fingerprint density at radius 3 is 2.26 bits per heavy atom. The molecular weight excluding hydrogens is 250 g/mol. The highest BCUT2D eigenvalue weighted by atomic mass is 16.6. The van der Waals surface area contributed by atoms with Gasteiger partial charge in [0.2, 0.25) is 0 Å². The van der Waals surface area contributed by atoms with Gasteiger partial charge in [0.15, 0.2) is 6.61 Å². The van der Waals surface area contributed by atoms with Crippen molar-refractivity contribution < 1.29 is 24.2 Å². The molecule has 0 aromatic heterocycles. The minimum Gasteiger partial charge on any atom is -0.482 e. The summed E-state index contributed by atoms with van der Waals surface area (Å²) in [6.07, 6.45) is -0.360. The Morgan fingerprint density at radius 1 is 1.21 bits per heavy atom. The number of carbonyl (C=O) groups is 2. The summed E-state index contributed by atoms with van der Waals surface area (Å²) in [5, 5.41) is 8.50. The van der Waals surface area contributed by atoms with Gasteiger partial charge >= 0.3 is 12.1 Å². The zero-order valence-corrected chi connectivity index (χ0v) is 11.3. The molecule has 6 nitrogen and oxygen atoms in total. The van der Waals surface area contributed by atoms with Crippen molar-refractivity contribution in [1.29, 1.82) is 0 Å². The smallest absolute Gasteiger partial charge is 0.482 e. The summed E-state index contributed by atoms with van der Waals surface area (Å²) in [5.74, 6) is -0.596. The lowest BCUT2D eigenvalue weighted by molar-refractivity contribution is -0.139. The highest BCUT2D eigenvalue weighted by molar-refractivity contribution is 5.81. The number of carboxylic acid groups (broad SMARTS) is 1. The first-order valence-corrected chi connectivity index (χ1v) is 5.84. The first-order chi connectivity index (χ1) is 8.87. The number of nitrogens with zero attached hydrogens (tertiary/aromatic N) is 1. The second kappa shape index (κ2) is 6.19. The van der Waals surface area contributed by atoms with Crippen LogP contribution in [0.5, 0.6) is 5.75 Å². The van der Waals surface area contributed by atoms with Gasteiger partial charge in [-0.15, -0.1) is 0 Å². The molecule has 6 heteroatoms. The van der Waals surface area contributed by atoms with Crippen LogP contribution < -0.4 is 9.22 Å². The minimum absolute atomic E-state index is 0.0486. The molecule has 0 saturated carbocycles. The molecule has 1 N–H and O–H groups in total. The number of amides is 1. The van der Waals surface area contributed by atoms with Gasteiger partial charge in [0.1, 0.15) is 11.4 Å². The van der Waals surface area contributed by atoms with E-state index >= 15 is 0 Å². The van der Waals surface area contributed by atoms with Crippen molar-refractivity contribution in [2.24, 2.45) is 0 Å². The van der Waals surface area contributed by atoms with E-state index in [9.17, 15) is 9.59 Å². The van der Waals surface area contributed by atoms with Crippen LogP contribution >= 0.6 is 0 Å². The molecule has 1 rings (SSSR count). The van der Waals surface area contributed by atoms with Gasteiger partial charge in [0.25, 0.3) is 0 Å². The number of aliphatic carboxylic acids is 1. The zero-order valence-electron chi connectivity index (χ0n) is 11.3. The molecule has 0 heterocycles. The number of carboxylic acids is 1. The Hall–Kier alpha value is -2.08. The van der Waals surface area contributed by atoms with Crippen LogP contribution in [0.15, 0.2) is 24.3 Å². The van der Waals surface area contributed by atoms with Gasteiger partial charge in [-0.2, -0.15) is 9.28 Å². The average Bonchev–Trinajstić information content (AvgIpc) is 2.37. The van der Waals surface area contributed by atoms with E-state index in [1.165, 1.54) is 0 Å². The predicted molar refractivity (Wildman–Crippen MR) is 70.2 cm³/mol. The summed E-state index contributed by atoms with van der Waals surface area (Å²) in [6.45, 7) is 1.68. The molecule has 0 radical (unpaired) electrons. The molecule has 0 bridgehead atoms. The van der Waals surface area contributed by atoms with Gasteiger partial charge in [0, 0.05) is 12.1 Å². The van der Waals surface area contributed by atoms with Crippen molar-refractivity contribution in [2.75, 3.05) is 27.3 Å². The van der Waals surface area contributed by atoms with E-state index in [2.05, 4.69) is 0 Å². The molecule has 0 aliphatic carbocycles. The standard InChI is InChI=1S/C13H17NO5/c1-4-18-13(17)14(2,3)10-5-7-11(8-6-10)19-9-12(15)16/h5-8H,4,9H2,1-3H3/p+1. The third-order valence-electron chi connectivity index (χ3n) is 2.57. The summed E-state index contributed by atoms with van der Waals surface area (Å²) in [6, 6.07) is 6.65. The van der Waals surface area contributed by atoms with Gasteiger partial charge in [-0.05, 0) is 19.1 Å². The van der Waals surface area contributed by atoms with Crippen molar-refractivity contribution in [3.63, 3.8) is 0 Å². The predicted octanol–water partition coefficient (Wildman–Crippen LogP) is 1.87. The first kappa shape index (κ1) is 15.0. The second-order valence-electron chi connectivity index (χ2n) is 4.33. The van der Waals surface area contributed by atoms with Gasteiger partial charge in [-0.25, -0.2) is 4.79 Å². The van der Waals surface area contributed by atoms with Gasteiger partial charge in [-0.3, -0.25) is 0 Å². The van der Waals surface area contributed by atoms with Crippen molar-refractivity contribution in [3.05, 3.63) is 24.3 Å². The van der Waals surface area contributed by atoms with Crippen LogP contribution in [0, 0.1) is 0 Å². The van der Waals surface area contributed by atoms with E-state index in [1.54, 1.807) is 45.3 Å². The average molecular weight is 268 g/mol. The lowest BCUT2D eigenvalue weighted by atomic mass is 10.2. The highest BCUT2D eigenvalue weighted by Crippen LogP contribution is 2.23. The zero-order chi connectivity index (χ0) is 14.5. The van der Waals surface area contributed by atoms with Crippen molar-refractivity contribution in [3.8, 4) is 5.75 Å². The fourth-order valence-electron chi connectivity index (χ4n) is 1.45. The summed E-state index contributed by atoms with van der Waals surface area (Å²) >= 11 is 0. The lowest BCUT2D eigenvalue weighted by Gasteiger charge is -2.24. The number of carbonyl (C=O) groups excluding carboxylic acids is 1. The Kier molecular flexibility index (Phi) is 4.88. The van der Waals surface area contributed by atoms with Gasteiger partial charge in [0.05, 0.1) is 20.7 Å². The minimum atomic E-state index is -1.04. The molecule has 0 saturated heterocycles. The third kappa shape index (κ3) is 3.96. The van der Waals surface area contributed by atoms with Crippen LogP contribution in [-0.2, 0) is 9.53 Å². The fraction of sp³-hybridized carbons (Fsp3) is 0.385. The molecule has 0 fully saturated rings. The molecule has 1 aromatic carbocycles. The number of quaternary nitrogens is 1. The third-order valence-corrected chi connectivity index (χ3v) is 2.57. The number of benzene rings is 1. The topological polar surface area (TPSA) is 72.8 Å². The maximum Gasteiger partial charge on any atom is 0.520 e. The van der Waals surface area contributed by atoms with E-state index in [1.807, 2.05) is 0 Å². The molecule has 0 spiro atoms. The molecule has 0 atom stereocenters. The van der Waals surface area contributed by atoms with E-state index in [0.29, 0.717) is 12.4 Å². The normalized spacial score (nSPS) is 10.9. The Balaban J connectivity index is 2.80. The number of hydrogen-bond acceptors (Lipinski definition) is 4. The van der Waals surface area contributed by atoms with Crippen LogP contribution in [0.25, 0.3) is 0 Å². The fourth-order valence-corrected chi connectivity index (χ4v) is 1.45. The van der Waals surface area contributed by atoms with E-state index in [0.717, 1.165) is 5.69 Å². The number of rotatable bonds is 5. The highest BCUT2D eigenvalue weighted by Gasteiger charge is 2.31. The maximum atomic E-state index is 11.8. The summed E-state index contributed by atoms with van der Waals surface area (Å²) in [4.78, 5) is 22.2. The first-order valence-electron chi connectivity index (χ1n) is 5.84. The van der Waals surface area contributed by atoms with Crippen LogP contribution in [0.1, 0.15) is 6.92 Å². The van der Waals surface area contributed by atoms with E-state index in [-0.39, 0.29) is 10.6 Å². The number of ether oxygens (including phenoxy) is 2. The Bertz CT molecular complexity index is 453. The molecule has 0 aliphatic rings. The summed E-state index contributed by atoms with van der Waals surface area (Å²) in [7, 11) is 3.43. The van der Waals surface area contributed by atoms with Crippen molar-refractivity contribution >= 4 is 17.7 Å². The monoisotopic (exact) mass is 268 g/mol. The largest absolute Gasteiger partial charge is 0.520 e. The van der Waals surface area contributed by atoms with Gasteiger partial charge < -0.3 is 14.6 Å². The molecule has 0 unspecified atom stereocenters. The molecule has 1 aromatic rings. The lowest BCUT2D eigenvalue weighted by Crippen LogP contribution is -2.46. The molecule has 1 amide bonds. The summed E-state index contributed by atoms with van der Waals surface area (Å²) < 4.78 is 9.97. The van der Waals surface area contributed by atoms with Crippen LogP contribution in [0.3, 0.4) is 0 Å². The van der Waals surface area contributed by atoms with Crippen molar-refractivity contribution in [1.82, 2.24) is 4.48 Å². The number of hydrogen-bond donors (Lipinski definition) is 1. The van der Waals surface area contributed by atoms with E-state index < -0.39 is 12.6 Å². The van der Waals surface area contributed by atoms with Crippen molar-refractivity contribution in [2.45, 2.75) is 6.92 Å². The van der Waals surface area contributed by atoms with Crippen LogP contribution in [0.4, 0.5) is 10.5 Å². The van der Waals surface area contributed by atoms with Gasteiger partial charge in [-0.1, -0.05) is 0 Å². The Morgan fingerprint density at radius 2 is 1.79 bits per heavy atom. The summed E-state index contributed by atoms with van der Waals surface area (Å²) in [5.41, 5.74) is 0.723.